The molecule has 0 bridgehead atoms. The molecular weight excluding hydrogens is 250 g/mol. The summed E-state index contributed by atoms with van der Waals surface area (Å²) in [4.78, 5) is 0. The Kier molecular flexibility index (Phi) is 6.08. The van der Waals surface area contributed by atoms with Crippen molar-refractivity contribution in [3.8, 4) is 5.75 Å². The number of hydrogen-bond acceptors (Lipinski definition) is 3. The monoisotopic (exact) mass is 277 g/mol. The highest BCUT2D eigenvalue weighted by Crippen LogP contribution is 2.39. The van der Waals surface area contributed by atoms with E-state index >= 15 is 0 Å². The number of aromatic hydroxyl groups is 1. The Labute approximate surface area is 122 Å². The highest BCUT2D eigenvalue weighted by atomic mass is 16.5. The van der Waals surface area contributed by atoms with E-state index in [0.29, 0.717) is 18.2 Å². The molecule has 20 heavy (non-hydrogen) atoms. The molecule has 1 unspecified atom stereocenters. The van der Waals surface area contributed by atoms with Gasteiger partial charge in [0.25, 0.3) is 0 Å². The maximum absolute atomic E-state index is 10.3. The fraction of sp³-hybridized carbons (Fsp3) is 0.529. The number of nitrogen functional groups attached to an aromatic ring is 1. The predicted molar refractivity (Wildman–Crippen MR) is 86.1 cm³/mol. The lowest BCUT2D eigenvalue weighted by molar-refractivity contribution is 0.234. The van der Waals surface area contributed by atoms with Crippen molar-refractivity contribution in [1.29, 1.82) is 0 Å². The van der Waals surface area contributed by atoms with Crippen LogP contribution in [0.1, 0.15) is 56.2 Å². The Morgan fingerprint density at radius 1 is 1.45 bits per heavy atom. The SMILES string of the molecule is CC/C(=C/COC)c1cc(C(C)CC)c(C)c(O)c1N. The number of nitrogens with two attached hydrogens (primary N) is 1. The average Bonchev–Trinajstić information content (AvgIpc) is 2.46. The zero-order chi connectivity index (χ0) is 15.3. The smallest absolute Gasteiger partial charge is 0.142 e. The van der Waals surface area contributed by atoms with Gasteiger partial charge in [0.2, 0.25) is 0 Å². The van der Waals surface area contributed by atoms with Crippen molar-refractivity contribution in [3.05, 3.63) is 28.8 Å². The Balaban J connectivity index is 3.43. The molecule has 0 spiro atoms. The van der Waals surface area contributed by atoms with Gasteiger partial charge in [-0.1, -0.05) is 26.8 Å². The first kappa shape index (κ1) is 16.6. The van der Waals surface area contributed by atoms with Gasteiger partial charge in [-0.15, -0.1) is 0 Å². The van der Waals surface area contributed by atoms with Gasteiger partial charge in [-0.25, -0.2) is 0 Å². The van der Waals surface area contributed by atoms with E-state index in [1.54, 1.807) is 7.11 Å². The number of ether oxygens (including phenoxy) is 1. The van der Waals surface area contributed by atoms with Crippen molar-refractivity contribution in [2.75, 3.05) is 19.5 Å². The lowest BCUT2D eigenvalue weighted by atomic mass is 9.88. The second-order valence-electron chi connectivity index (χ2n) is 5.25. The summed E-state index contributed by atoms with van der Waals surface area (Å²) in [6, 6.07) is 2.13. The number of methoxy groups -OCH3 is 1. The third-order valence-electron chi connectivity index (χ3n) is 4.00. The first-order valence-corrected chi connectivity index (χ1v) is 7.28. The van der Waals surface area contributed by atoms with Gasteiger partial charge in [0.1, 0.15) is 5.75 Å². The van der Waals surface area contributed by atoms with Crippen LogP contribution in [-0.4, -0.2) is 18.8 Å². The van der Waals surface area contributed by atoms with Crippen LogP contribution in [-0.2, 0) is 4.74 Å². The standard InChI is InChI=1S/C17H27NO2/c1-6-11(3)14-10-15(13(7-2)8-9-20-5)16(18)17(19)12(14)4/h8,10-11,19H,6-7,9,18H2,1-5H3/b13-8-. The zero-order valence-corrected chi connectivity index (χ0v) is 13.3. The van der Waals surface area contributed by atoms with E-state index in [1.165, 1.54) is 5.56 Å². The van der Waals surface area contributed by atoms with E-state index in [1.807, 2.05) is 13.0 Å². The Morgan fingerprint density at radius 2 is 2.10 bits per heavy atom. The molecule has 1 atom stereocenters. The van der Waals surface area contributed by atoms with Crippen LogP contribution in [0.15, 0.2) is 12.1 Å². The molecule has 112 valence electrons. The Hall–Kier alpha value is -1.48. The van der Waals surface area contributed by atoms with E-state index in [-0.39, 0.29) is 5.75 Å². The molecule has 0 amide bonds. The second-order valence-corrected chi connectivity index (χ2v) is 5.25. The molecule has 3 N–H and O–H groups in total. The number of allylic oxidation sites excluding steroid dienone is 1. The summed E-state index contributed by atoms with van der Waals surface area (Å²) >= 11 is 0. The Bertz CT molecular complexity index is 492. The van der Waals surface area contributed by atoms with Gasteiger partial charge in [0, 0.05) is 12.7 Å². The van der Waals surface area contributed by atoms with Gasteiger partial charge in [-0.05, 0) is 48.4 Å². The fourth-order valence-corrected chi connectivity index (χ4v) is 2.43. The molecule has 3 heteroatoms. The molecule has 0 saturated heterocycles. The lowest BCUT2D eigenvalue weighted by Gasteiger charge is -2.19. The van der Waals surface area contributed by atoms with Crippen LogP contribution in [0.3, 0.4) is 0 Å². The predicted octanol–water partition coefficient (Wildman–Crippen LogP) is 4.24. The molecule has 0 aliphatic heterocycles. The normalized spacial score (nSPS) is 13.6. The van der Waals surface area contributed by atoms with E-state index in [4.69, 9.17) is 10.5 Å². The molecule has 1 aromatic rings. The van der Waals surface area contributed by atoms with Gasteiger partial charge < -0.3 is 15.6 Å². The van der Waals surface area contributed by atoms with Crippen molar-refractivity contribution in [2.24, 2.45) is 0 Å². The Morgan fingerprint density at radius 3 is 2.60 bits per heavy atom. The summed E-state index contributed by atoms with van der Waals surface area (Å²) in [6.07, 6.45) is 3.92. The molecule has 0 heterocycles. The van der Waals surface area contributed by atoms with Crippen LogP contribution < -0.4 is 5.73 Å². The van der Waals surface area contributed by atoms with Crippen LogP contribution >= 0.6 is 0 Å². The number of phenolic OH excluding ortho intramolecular Hbond substituents is 1. The van der Waals surface area contributed by atoms with Crippen LogP contribution in [0.5, 0.6) is 5.75 Å². The van der Waals surface area contributed by atoms with Crippen molar-refractivity contribution in [2.45, 2.75) is 46.5 Å². The summed E-state index contributed by atoms with van der Waals surface area (Å²) in [7, 11) is 1.67. The largest absolute Gasteiger partial charge is 0.505 e. The van der Waals surface area contributed by atoms with Crippen LogP contribution in [0.25, 0.3) is 5.57 Å². The van der Waals surface area contributed by atoms with Crippen molar-refractivity contribution in [1.82, 2.24) is 0 Å². The van der Waals surface area contributed by atoms with Crippen molar-refractivity contribution >= 4 is 11.3 Å². The van der Waals surface area contributed by atoms with Gasteiger partial charge >= 0.3 is 0 Å². The van der Waals surface area contributed by atoms with Crippen LogP contribution in [0.2, 0.25) is 0 Å². The minimum atomic E-state index is 0.217. The average molecular weight is 277 g/mol. The summed E-state index contributed by atoms with van der Waals surface area (Å²) in [5.41, 5.74) is 10.7. The van der Waals surface area contributed by atoms with Crippen LogP contribution in [0.4, 0.5) is 5.69 Å². The number of anilines is 1. The third-order valence-corrected chi connectivity index (χ3v) is 4.00. The third kappa shape index (κ3) is 3.34. The molecule has 0 radical (unpaired) electrons. The number of phenols is 1. The topological polar surface area (TPSA) is 55.5 Å². The summed E-state index contributed by atoms with van der Waals surface area (Å²) < 4.78 is 5.11. The maximum Gasteiger partial charge on any atom is 0.142 e. The van der Waals surface area contributed by atoms with E-state index in [0.717, 1.165) is 29.5 Å². The fourth-order valence-electron chi connectivity index (χ4n) is 2.43. The van der Waals surface area contributed by atoms with Gasteiger partial charge in [-0.3, -0.25) is 0 Å². The maximum atomic E-state index is 10.3. The van der Waals surface area contributed by atoms with Crippen molar-refractivity contribution < 1.29 is 9.84 Å². The minimum absolute atomic E-state index is 0.217. The molecule has 0 aromatic heterocycles. The second kappa shape index (κ2) is 7.34. The number of rotatable bonds is 6. The van der Waals surface area contributed by atoms with Crippen molar-refractivity contribution in [3.63, 3.8) is 0 Å². The van der Waals surface area contributed by atoms with Gasteiger partial charge in [0.05, 0.1) is 12.3 Å². The molecule has 0 aliphatic rings. The lowest BCUT2D eigenvalue weighted by Crippen LogP contribution is -2.03. The zero-order valence-electron chi connectivity index (χ0n) is 13.3. The molecule has 1 rings (SSSR count). The van der Waals surface area contributed by atoms with Gasteiger partial charge in [0.15, 0.2) is 0 Å². The van der Waals surface area contributed by atoms with Crippen LogP contribution in [0, 0.1) is 6.92 Å². The van der Waals surface area contributed by atoms with E-state index in [2.05, 4.69) is 26.8 Å². The molecule has 1 aromatic carbocycles. The number of benzene rings is 1. The highest BCUT2D eigenvalue weighted by molar-refractivity contribution is 5.80. The first-order chi connectivity index (χ1) is 9.47. The van der Waals surface area contributed by atoms with E-state index < -0.39 is 0 Å². The molecule has 0 saturated carbocycles. The summed E-state index contributed by atoms with van der Waals surface area (Å²) in [6.45, 7) is 8.89. The summed E-state index contributed by atoms with van der Waals surface area (Å²) in [5, 5.41) is 10.3. The molecular formula is C17H27NO2. The first-order valence-electron chi connectivity index (χ1n) is 7.28. The molecule has 0 fully saturated rings. The van der Waals surface area contributed by atoms with Gasteiger partial charge in [-0.2, -0.15) is 0 Å². The summed E-state index contributed by atoms with van der Waals surface area (Å²) in [5.74, 6) is 0.621. The number of hydrogen-bond donors (Lipinski definition) is 2. The van der Waals surface area contributed by atoms with E-state index in [9.17, 15) is 5.11 Å². The minimum Gasteiger partial charge on any atom is -0.505 e. The molecule has 3 nitrogen and oxygen atoms in total. The highest BCUT2D eigenvalue weighted by Gasteiger charge is 2.17. The quantitative estimate of drug-likeness (QED) is 0.604. The molecule has 0 aliphatic carbocycles.